The summed E-state index contributed by atoms with van der Waals surface area (Å²) < 4.78 is 0. The van der Waals surface area contributed by atoms with Gasteiger partial charge in [0.05, 0.1) is 12.4 Å². The zero-order valence-corrected chi connectivity index (χ0v) is 7.60. The Morgan fingerprint density at radius 1 is 1.42 bits per heavy atom. The average molecular weight is 187 g/mol. The molecule has 2 N–H and O–H groups in total. The fourth-order valence-corrected chi connectivity index (χ4v) is 0.890. The predicted octanol–water partition coefficient (Wildman–Crippen LogP) is 0.761. The molecule has 5 heteroatoms. The van der Waals surface area contributed by atoms with Gasteiger partial charge in [-0.2, -0.15) is 0 Å². The highest BCUT2D eigenvalue weighted by Crippen LogP contribution is 2.05. The number of nitrogens with zero attached hydrogens (tertiary/aromatic N) is 2. The number of aromatic nitrogens is 2. The van der Waals surface area contributed by atoms with Gasteiger partial charge < -0.3 is 10.6 Å². The number of rotatable bonds is 4. The van der Waals surface area contributed by atoms with Crippen LogP contribution in [0.2, 0.25) is 5.15 Å². The van der Waals surface area contributed by atoms with E-state index in [0.29, 0.717) is 11.0 Å². The Morgan fingerprint density at radius 3 is 2.92 bits per heavy atom. The van der Waals surface area contributed by atoms with E-state index in [4.69, 9.17) is 11.6 Å². The summed E-state index contributed by atoms with van der Waals surface area (Å²) in [6.45, 7) is 1.69. The second-order valence-electron chi connectivity index (χ2n) is 2.26. The molecular weight excluding hydrogens is 176 g/mol. The summed E-state index contributed by atoms with van der Waals surface area (Å²) in [5.74, 6) is 0.706. The van der Waals surface area contributed by atoms with E-state index in [1.807, 2.05) is 7.05 Å². The van der Waals surface area contributed by atoms with Crippen molar-refractivity contribution in [3.63, 3.8) is 0 Å². The molecule has 1 aromatic rings. The molecule has 0 bridgehead atoms. The quantitative estimate of drug-likeness (QED) is 0.682. The summed E-state index contributed by atoms with van der Waals surface area (Å²) in [4.78, 5) is 7.89. The average Bonchev–Trinajstić information content (AvgIpc) is 2.05. The lowest BCUT2D eigenvalue weighted by atomic mass is 10.6. The summed E-state index contributed by atoms with van der Waals surface area (Å²) >= 11 is 5.63. The number of likely N-dealkylation sites (N-methyl/N-ethyl adjacent to an activating group) is 1. The van der Waals surface area contributed by atoms with Crippen LogP contribution >= 0.6 is 11.6 Å². The Balaban J connectivity index is 2.41. The van der Waals surface area contributed by atoms with Crippen molar-refractivity contribution in [3.8, 4) is 0 Å². The van der Waals surface area contributed by atoms with Crippen LogP contribution in [0.4, 0.5) is 5.82 Å². The molecule has 0 amide bonds. The second-order valence-corrected chi connectivity index (χ2v) is 2.64. The van der Waals surface area contributed by atoms with Gasteiger partial charge in [-0.05, 0) is 7.05 Å². The number of hydrogen-bond donors (Lipinski definition) is 2. The van der Waals surface area contributed by atoms with Crippen LogP contribution in [0.5, 0.6) is 0 Å². The molecule has 0 fully saturated rings. The molecule has 1 rings (SSSR count). The first-order chi connectivity index (χ1) is 5.83. The van der Waals surface area contributed by atoms with E-state index in [1.165, 1.54) is 6.20 Å². The number of nitrogens with one attached hydrogen (secondary N) is 2. The number of halogens is 1. The summed E-state index contributed by atoms with van der Waals surface area (Å²) in [6.07, 6.45) is 3.15. The molecule has 66 valence electrons. The topological polar surface area (TPSA) is 49.8 Å². The van der Waals surface area contributed by atoms with Gasteiger partial charge >= 0.3 is 0 Å². The lowest BCUT2D eigenvalue weighted by molar-refractivity contribution is 0.820. The molecule has 12 heavy (non-hydrogen) atoms. The molecule has 0 spiro atoms. The molecule has 0 radical (unpaired) electrons. The van der Waals surface area contributed by atoms with Crippen molar-refractivity contribution in [1.29, 1.82) is 0 Å². The second kappa shape index (κ2) is 4.90. The van der Waals surface area contributed by atoms with Gasteiger partial charge in [-0.1, -0.05) is 11.6 Å². The standard InChI is InChI=1S/C7H11ClN4/c1-9-2-3-11-7-5-10-4-6(8)12-7/h4-5,9H,2-3H2,1H3,(H,11,12). The highest BCUT2D eigenvalue weighted by Gasteiger charge is 1.93. The minimum Gasteiger partial charge on any atom is -0.367 e. The molecule has 0 aromatic carbocycles. The Bertz CT molecular complexity index is 241. The molecular formula is C7H11ClN4. The first-order valence-corrected chi connectivity index (χ1v) is 4.07. The molecule has 4 nitrogen and oxygen atoms in total. The smallest absolute Gasteiger partial charge is 0.149 e. The van der Waals surface area contributed by atoms with Crippen LogP contribution in [0.1, 0.15) is 0 Å². The van der Waals surface area contributed by atoms with E-state index in [0.717, 1.165) is 13.1 Å². The Labute approximate surface area is 76.4 Å². The fourth-order valence-electron chi connectivity index (χ4n) is 0.743. The van der Waals surface area contributed by atoms with Gasteiger partial charge in [0.1, 0.15) is 11.0 Å². The molecule has 1 aromatic heterocycles. The minimum atomic E-state index is 0.407. The third kappa shape index (κ3) is 3.02. The highest BCUT2D eigenvalue weighted by molar-refractivity contribution is 6.29. The lowest BCUT2D eigenvalue weighted by Gasteiger charge is -2.03. The maximum Gasteiger partial charge on any atom is 0.149 e. The van der Waals surface area contributed by atoms with Crippen molar-refractivity contribution < 1.29 is 0 Å². The number of hydrogen-bond acceptors (Lipinski definition) is 4. The van der Waals surface area contributed by atoms with Crippen LogP contribution in [-0.4, -0.2) is 30.1 Å². The van der Waals surface area contributed by atoms with Gasteiger partial charge in [0.25, 0.3) is 0 Å². The first-order valence-electron chi connectivity index (χ1n) is 3.69. The van der Waals surface area contributed by atoms with E-state index < -0.39 is 0 Å². The zero-order valence-electron chi connectivity index (χ0n) is 6.84. The van der Waals surface area contributed by atoms with E-state index in [9.17, 15) is 0 Å². The third-order valence-electron chi connectivity index (χ3n) is 1.29. The monoisotopic (exact) mass is 186 g/mol. The van der Waals surface area contributed by atoms with Crippen molar-refractivity contribution in [2.45, 2.75) is 0 Å². The lowest BCUT2D eigenvalue weighted by Crippen LogP contribution is -2.18. The van der Waals surface area contributed by atoms with Crippen LogP contribution in [0.25, 0.3) is 0 Å². The maximum absolute atomic E-state index is 5.63. The van der Waals surface area contributed by atoms with Crippen LogP contribution in [0, 0.1) is 0 Å². The van der Waals surface area contributed by atoms with Gasteiger partial charge in [0.2, 0.25) is 0 Å². The molecule has 1 heterocycles. The van der Waals surface area contributed by atoms with E-state index in [-0.39, 0.29) is 0 Å². The van der Waals surface area contributed by atoms with Gasteiger partial charge in [0, 0.05) is 13.1 Å². The normalized spacial score (nSPS) is 9.83. The van der Waals surface area contributed by atoms with Crippen molar-refractivity contribution >= 4 is 17.4 Å². The molecule has 0 aliphatic heterocycles. The maximum atomic E-state index is 5.63. The Hall–Kier alpha value is -0.870. The van der Waals surface area contributed by atoms with E-state index in [2.05, 4.69) is 20.6 Å². The van der Waals surface area contributed by atoms with Crippen molar-refractivity contribution in [3.05, 3.63) is 17.5 Å². The van der Waals surface area contributed by atoms with Crippen molar-refractivity contribution in [2.75, 3.05) is 25.5 Å². The number of anilines is 1. The largest absolute Gasteiger partial charge is 0.367 e. The van der Waals surface area contributed by atoms with E-state index in [1.54, 1.807) is 6.20 Å². The highest BCUT2D eigenvalue weighted by atomic mass is 35.5. The van der Waals surface area contributed by atoms with Crippen LogP contribution in [-0.2, 0) is 0 Å². The van der Waals surface area contributed by atoms with Crippen molar-refractivity contribution in [1.82, 2.24) is 15.3 Å². The fraction of sp³-hybridized carbons (Fsp3) is 0.429. The SMILES string of the molecule is CNCCNc1cncc(Cl)n1. The summed E-state index contributed by atoms with van der Waals surface area (Å²) in [6, 6.07) is 0. The third-order valence-corrected chi connectivity index (χ3v) is 1.47. The van der Waals surface area contributed by atoms with Gasteiger partial charge in [-0.25, -0.2) is 4.98 Å². The van der Waals surface area contributed by atoms with Crippen LogP contribution < -0.4 is 10.6 Å². The Kier molecular flexibility index (Phi) is 3.76. The Morgan fingerprint density at radius 2 is 2.25 bits per heavy atom. The molecule has 0 atom stereocenters. The first kappa shape index (κ1) is 9.22. The molecule has 0 aliphatic carbocycles. The van der Waals surface area contributed by atoms with Crippen molar-refractivity contribution in [2.24, 2.45) is 0 Å². The summed E-state index contributed by atoms with van der Waals surface area (Å²) in [5.41, 5.74) is 0. The predicted molar refractivity (Wildman–Crippen MR) is 49.5 cm³/mol. The minimum absolute atomic E-state index is 0.407. The molecule has 0 saturated carbocycles. The zero-order chi connectivity index (χ0) is 8.81. The summed E-state index contributed by atoms with van der Waals surface area (Å²) in [7, 11) is 1.89. The molecule has 0 aliphatic rings. The van der Waals surface area contributed by atoms with Gasteiger partial charge in [0.15, 0.2) is 0 Å². The van der Waals surface area contributed by atoms with Gasteiger partial charge in [-0.15, -0.1) is 0 Å². The van der Waals surface area contributed by atoms with E-state index >= 15 is 0 Å². The molecule has 0 saturated heterocycles. The molecule has 0 unspecified atom stereocenters. The van der Waals surface area contributed by atoms with Crippen LogP contribution in [0.15, 0.2) is 12.4 Å². The van der Waals surface area contributed by atoms with Gasteiger partial charge in [-0.3, -0.25) is 4.98 Å². The summed E-state index contributed by atoms with van der Waals surface area (Å²) in [5, 5.41) is 6.48. The van der Waals surface area contributed by atoms with Crippen LogP contribution in [0.3, 0.4) is 0 Å².